The predicted octanol–water partition coefficient (Wildman–Crippen LogP) is -4.40. The van der Waals surface area contributed by atoms with Crippen molar-refractivity contribution in [1.82, 2.24) is 94.5 Å². The number of rotatable bonds is 64. The lowest BCUT2D eigenvalue weighted by atomic mass is 10.0. The van der Waals surface area contributed by atoms with Crippen molar-refractivity contribution in [1.29, 1.82) is 5.41 Å². The van der Waals surface area contributed by atoms with Crippen molar-refractivity contribution in [3.8, 4) is 0 Å². The normalized spacial score (nSPS) is 18.2. The molecule has 0 aliphatic carbocycles. The van der Waals surface area contributed by atoms with Gasteiger partial charge >= 0.3 is 17.9 Å². The van der Waals surface area contributed by atoms with E-state index < -0.39 is 282 Å². The van der Waals surface area contributed by atoms with Crippen LogP contribution in [0.3, 0.4) is 0 Å². The van der Waals surface area contributed by atoms with Crippen LogP contribution >= 0.6 is 0 Å². The second-order valence-corrected chi connectivity index (χ2v) is 35.8. The SMILES string of the molecule is CCCC[C@H](NC(=O)[C@H](CCCCNC(=O)CN(CC(=O)O)CC(=O)O)NC(=O)[C@H](CO)NC(=O)[C@H](CCC(N)=O)NC(=O)[C@H](CO)NC(=O)CNC(=O)COCCOCCNC(=O)CCCCCCCCCCCCCCC(=O)O)C(=O)N[C@H]1CCC(=O)NCCCCC(C(N)=O)NC(=O)C(Cc2c[nH]c3ccccc23)NC(=O)C(CCCNC(=N)N)NC(=O)[C@@H](Cc2ccccc2)NC(=O)[C@@H]2C[C@@H](O)CN2C1=O. The summed E-state index contributed by atoms with van der Waals surface area (Å²) in [5, 5.41) is 106. The van der Waals surface area contributed by atoms with Gasteiger partial charge in [0.15, 0.2) is 5.96 Å². The maximum atomic E-state index is 15.5. The Kier molecular flexibility index (Phi) is 57.7. The number of nitrogens with two attached hydrogens (primary N) is 3. The Hall–Kier alpha value is -13.6. The van der Waals surface area contributed by atoms with Crippen LogP contribution < -0.4 is 97.0 Å². The lowest BCUT2D eigenvalue weighted by Gasteiger charge is -2.31. The number of benzene rings is 2. The molecule has 3 aromatic rings. The first-order chi connectivity index (χ1) is 69.4. The van der Waals surface area contributed by atoms with Crippen LogP contribution in [0.4, 0.5) is 0 Å². The van der Waals surface area contributed by atoms with E-state index in [4.69, 9.17) is 37.2 Å². The maximum absolute atomic E-state index is 15.5. The number of ether oxygens (including phenoxy) is 2. The third-order valence-electron chi connectivity index (χ3n) is 23.9. The van der Waals surface area contributed by atoms with Gasteiger partial charge in [0.2, 0.25) is 100 Å². The minimum Gasteiger partial charge on any atom is -0.481 e. The average molecular weight is 2050 g/mol. The molecule has 5 rings (SSSR count). The Morgan fingerprint density at radius 3 is 1.68 bits per heavy atom. The molecule has 2 aliphatic rings. The Bertz CT molecular complexity index is 4710. The standard InChI is InChI=1S/C95H148N22O28/c1-2-3-29-65(86(135)112-69-37-39-77(123)100-40-23-21-31-64(84(97)133)107-90(139)71(48-60-50-104-63-30-20-19-28-62(60)63)113-87(136)67(33-25-42-103-95(98)99)109-89(138)70(47-59-26-15-14-16-27-59)114-93(142)74-49-61(120)52-117(74)94(69)143)108-85(134)66(32-22-24-41-101-79(125)53-116(54-82(129)130)55-83(131)132)110-92(141)73(57-119)115-88(137)68(36-38-75(96)121)111-91(140)72(56-118)106-78(124)51-105-80(126)58-145-46-45-144-44-43-102-76(122)34-17-12-10-8-6-4-5-7-9-11-13-18-35-81(127)128/h14-16,19-20,26-28,30,50,61,64-74,104,118-120H,2-13,17-18,21-25,29,31-49,51-58H2,1H3,(H2,96,121)(H2,97,133)(H,100,123)(H,101,125)(H,102,122)(H,105,126)(H,106,124)(H,107,139)(H,108,134)(H,109,138)(H,110,141)(H,111,140)(H,112,135)(H,113,136)(H,114,142)(H,115,137)(H,127,128)(H,129,130)(H,131,132)(H4,98,99,103)/t61-,64?,65+,66+,67?,68+,69+,70-,71?,72+,73+,74+/m1/s1. The van der Waals surface area contributed by atoms with Crippen LogP contribution in [0.15, 0.2) is 60.8 Å². The molecule has 50 heteroatoms. The number of aromatic amines is 1. The lowest BCUT2D eigenvalue weighted by molar-refractivity contribution is -0.143. The molecule has 17 amide bonds. The highest BCUT2D eigenvalue weighted by Gasteiger charge is 2.44. The number of nitrogens with zero attached hydrogens (tertiary/aromatic N) is 2. The van der Waals surface area contributed by atoms with Crippen molar-refractivity contribution in [3.63, 3.8) is 0 Å². The van der Waals surface area contributed by atoms with E-state index in [9.17, 15) is 97.5 Å². The molecule has 3 heterocycles. The van der Waals surface area contributed by atoms with Crippen molar-refractivity contribution in [3.05, 3.63) is 71.9 Å². The number of nitrogens with one attached hydrogen (secondary N) is 17. The fourth-order valence-corrected chi connectivity index (χ4v) is 16.1. The molecular formula is C95H148N22O28. The summed E-state index contributed by atoms with van der Waals surface area (Å²) < 4.78 is 10.8. The molecule has 50 nitrogen and oxygen atoms in total. The molecule has 806 valence electrons. The third-order valence-corrected chi connectivity index (χ3v) is 23.9. The van der Waals surface area contributed by atoms with Crippen molar-refractivity contribution in [2.75, 3.05) is 98.5 Å². The van der Waals surface area contributed by atoms with Gasteiger partial charge in [-0.1, -0.05) is 133 Å². The molecule has 2 aromatic carbocycles. The minimum atomic E-state index is -2.05. The minimum absolute atomic E-state index is 0.0194. The molecule has 12 atom stereocenters. The summed E-state index contributed by atoms with van der Waals surface area (Å²) in [6.07, 6.45) is 9.66. The van der Waals surface area contributed by atoms with E-state index >= 15 is 24.0 Å². The number of hydrogen-bond acceptors (Lipinski definition) is 27. The number of guanidine groups is 1. The maximum Gasteiger partial charge on any atom is 0.317 e. The molecule has 2 saturated heterocycles. The number of amides is 17. The number of aliphatic hydroxyl groups is 3. The molecule has 1 aromatic heterocycles. The summed E-state index contributed by atoms with van der Waals surface area (Å²) >= 11 is 0. The van der Waals surface area contributed by atoms with E-state index in [1.807, 2.05) is 0 Å². The van der Waals surface area contributed by atoms with E-state index in [1.54, 1.807) is 67.7 Å². The van der Waals surface area contributed by atoms with Gasteiger partial charge in [-0.3, -0.25) is 106 Å². The number of hydrogen-bond donors (Lipinski definition) is 26. The third kappa shape index (κ3) is 49.5. The Balaban J connectivity index is 1.33. The zero-order valence-corrected chi connectivity index (χ0v) is 82.2. The van der Waals surface area contributed by atoms with Gasteiger partial charge in [0.25, 0.3) is 0 Å². The number of unbranched alkanes of at least 4 members (excludes halogenated alkanes) is 13. The van der Waals surface area contributed by atoms with Gasteiger partial charge in [0.1, 0.15) is 73.1 Å². The smallest absolute Gasteiger partial charge is 0.317 e. The average Bonchev–Trinajstić information content (AvgIpc) is 1.64. The highest BCUT2D eigenvalue weighted by molar-refractivity contribution is 6.01. The van der Waals surface area contributed by atoms with E-state index in [2.05, 4.69) is 84.7 Å². The highest BCUT2D eigenvalue weighted by Crippen LogP contribution is 2.24. The fraction of sp³-hybridized carbons (Fsp3) is 0.632. The number of aliphatic carboxylic acids is 3. The number of aliphatic hydroxyl groups excluding tert-OH is 3. The molecule has 145 heavy (non-hydrogen) atoms. The largest absolute Gasteiger partial charge is 0.481 e. The predicted molar refractivity (Wildman–Crippen MR) is 523 cm³/mol. The number of carboxylic acids is 3. The van der Waals surface area contributed by atoms with Crippen LogP contribution in [-0.4, -0.2) is 341 Å². The monoisotopic (exact) mass is 2050 g/mol. The van der Waals surface area contributed by atoms with E-state index in [-0.39, 0.29) is 129 Å². The highest BCUT2D eigenvalue weighted by atomic mass is 16.5. The van der Waals surface area contributed by atoms with Crippen molar-refractivity contribution in [2.45, 2.75) is 285 Å². The summed E-state index contributed by atoms with van der Waals surface area (Å²) in [6.45, 7) is -4.73. The topological polar surface area (TPSA) is 786 Å². The summed E-state index contributed by atoms with van der Waals surface area (Å²) in [6, 6.07) is -3.09. The van der Waals surface area contributed by atoms with Crippen LogP contribution in [0.5, 0.6) is 0 Å². The zero-order chi connectivity index (χ0) is 107. The van der Waals surface area contributed by atoms with Gasteiger partial charge < -0.3 is 147 Å². The molecule has 2 fully saturated rings. The van der Waals surface area contributed by atoms with Gasteiger partial charge in [0.05, 0.1) is 65.3 Å². The molecule has 29 N–H and O–H groups in total. The molecule has 0 saturated carbocycles. The van der Waals surface area contributed by atoms with E-state index in [0.29, 0.717) is 41.3 Å². The quantitative estimate of drug-likeness (QED) is 0.0144. The van der Waals surface area contributed by atoms with Gasteiger partial charge in [0, 0.05) is 94.8 Å². The van der Waals surface area contributed by atoms with E-state index in [0.717, 1.165) is 80.4 Å². The number of H-pyrrole nitrogens is 1. The molecular weight excluding hydrogens is 1900 g/mol. The summed E-state index contributed by atoms with van der Waals surface area (Å²) in [7, 11) is 0. The van der Waals surface area contributed by atoms with Crippen molar-refractivity contribution >= 4 is 135 Å². The van der Waals surface area contributed by atoms with Crippen LogP contribution in [0.25, 0.3) is 10.9 Å². The van der Waals surface area contributed by atoms with Gasteiger partial charge in [-0.15, -0.1) is 0 Å². The van der Waals surface area contributed by atoms with Crippen LogP contribution in [0.1, 0.15) is 211 Å². The second kappa shape index (κ2) is 68.6. The summed E-state index contributed by atoms with van der Waals surface area (Å²) in [5.74, 6) is -20.3. The molecule has 2 aliphatic heterocycles. The second-order valence-electron chi connectivity index (χ2n) is 35.8. The number of carbonyl (C=O) groups excluding carboxylic acids is 17. The lowest BCUT2D eigenvalue weighted by Crippen LogP contribution is -2.61. The summed E-state index contributed by atoms with van der Waals surface area (Å²) in [5.41, 5.74) is 18.7. The van der Waals surface area contributed by atoms with Gasteiger partial charge in [-0.05, 0) is 101 Å². The first-order valence-electron chi connectivity index (χ1n) is 49.5. The van der Waals surface area contributed by atoms with Crippen LogP contribution in [-0.2, 0) is 118 Å². The fourth-order valence-electron chi connectivity index (χ4n) is 16.1. The first kappa shape index (κ1) is 122. The van der Waals surface area contributed by atoms with Crippen molar-refractivity contribution in [2.24, 2.45) is 17.2 Å². The van der Waals surface area contributed by atoms with Gasteiger partial charge in [-0.25, -0.2) is 0 Å². The number of para-hydroxylation sites is 1. The van der Waals surface area contributed by atoms with Crippen molar-refractivity contribution < 1.29 is 136 Å². The number of carbonyl (C=O) groups is 20. The van der Waals surface area contributed by atoms with Crippen LogP contribution in [0.2, 0.25) is 0 Å². The van der Waals surface area contributed by atoms with Crippen LogP contribution in [0, 0.1) is 5.41 Å². The number of fused-ring (bicyclic) bond motifs is 2. The zero-order valence-electron chi connectivity index (χ0n) is 82.2. The van der Waals surface area contributed by atoms with Gasteiger partial charge in [-0.2, -0.15) is 0 Å². The number of primary amides is 2. The Morgan fingerprint density at radius 1 is 0.510 bits per heavy atom. The molecule has 0 radical (unpaired) electrons. The van der Waals surface area contributed by atoms with E-state index in [1.165, 1.54) is 0 Å². The molecule has 0 spiro atoms. The Morgan fingerprint density at radius 2 is 1.06 bits per heavy atom. The Labute approximate surface area is 840 Å². The summed E-state index contributed by atoms with van der Waals surface area (Å²) in [4.78, 5) is 277. The molecule has 3 unspecified atom stereocenters. The first-order valence-corrected chi connectivity index (χ1v) is 49.5. The molecule has 0 bridgehead atoms. The number of aromatic nitrogens is 1. The number of carboxylic acid groups (broad SMARTS) is 3.